The molecule has 0 radical (unpaired) electrons. The van der Waals surface area contributed by atoms with Crippen molar-refractivity contribution in [1.29, 1.82) is 0 Å². The summed E-state index contributed by atoms with van der Waals surface area (Å²) in [5.74, 6) is 0.594. The van der Waals surface area contributed by atoms with Crippen LogP contribution < -0.4 is 16.2 Å². The van der Waals surface area contributed by atoms with Gasteiger partial charge in [0.2, 0.25) is 0 Å². The number of aromatic nitrogens is 2. The molecule has 0 unspecified atom stereocenters. The van der Waals surface area contributed by atoms with Gasteiger partial charge in [-0.3, -0.25) is 4.57 Å². The van der Waals surface area contributed by atoms with E-state index in [1.54, 1.807) is 29.9 Å². The number of rotatable bonds is 2. The Bertz CT molecular complexity index is 802. The van der Waals surface area contributed by atoms with E-state index in [9.17, 15) is 4.79 Å². The van der Waals surface area contributed by atoms with Gasteiger partial charge in [-0.15, -0.1) is 0 Å². The van der Waals surface area contributed by atoms with Gasteiger partial charge in [0.25, 0.3) is 0 Å². The summed E-state index contributed by atoms with van der Waals surface area (Å²) >= 11 is 0. The van der Waals surface area contributed by atoms with Gasteiger partial charge in [-0.2, -0.15) is 0 Å². The average Bonchev–Trinajstić information content (AvgIpc) is 2.74. The number of para-hydroxylation sites is 2. The number of benzene rings is 2. The Kier molecular flexibility index (Phi) is 2.52. The number of fused-ring (bicyclic) bond motifs is 1. The van der Waals surface area contributed by atoms with E-state index in [4.69, 9.17) is 10.5 Å². The summed E-state index contributed by atoms with van der Waals surface area (Å²) in [6, 6.07) is 12.8. The summed E-state index contributed by atoms with van der Waals surface area (Å²) in [5.41, 5.74) is 8.51. The van der Waals surface area contributed by atoms with Crippen molar-refractivity contribution in [1.82, 2.24) is 9.55 Å². The second-order valence-corrected chi connectivity index (χ2v) is 4.21. The predicted octanol–water partition coefficient (Wildman–Crippen LogP) is 1.91. The number of nitrogen functional groups attached to an aromatic ring is 1. The maximum absolute atomic E-state index is 12.0. The minimum Gasteiger partial charge on any atom is -0.495 e. The molecule has 0 aliphatic heterocycles. The molecule has 0 aliphatic rings. The van der Waals surface area contributed by atoms with Gasteiger partial charge < -0.3 is 15.5 Å². The molecule has 5 nitrogen and oxygen atoms in total. The second-order valence-electron chi connectivity index (χ2n) is 4.21. The molecule has 0 fully saturated rings. The highest BCUT2D eigenvalue weighted by Gasteiger charge is 2.09. The Hall–Kier alpha value is -2.69. The molecular formula is C14H13N3O2. The van der Waals surface area contributed by atoms with Gasteiger partial charge in [-0.25, -0.2) is 4.79 Å². The van der Waals surface area contributed by atoms with Crippen molar-refractivity contribution in [2.75, 3.05) is 12.8 Å². The van der Waals surface area contributed by atoms with Gasteiger partial charge in [0.1, 0.15) is 5.75 Å². The molecule has 0 amide bonds. The van der Waals surface area contributed by atoms with Gasteiger partial charge in [-0.1, -0.05) is 12.1 Å². The lowest BCUT2D eigenvalue weighted by atomic mass is 10.2. The number of methoxy groups -OCH3 is 1. The van der Waals surface area contributed by atoms with Crippen LogP contribution in [-0.4, -0.2) is 16.7 Å². The highest BCUT2D eigenvalue weighted by molar-refractivity contribution is 5.77. The highest BCUT2D eigenvalue weighted by Crippen LogP contribution is 2.24. The van der Waals surface area contributed by atoms with E-state index in [0.29, 0.717) is 17.1 Å². The van der Waals surface area contributed by atoms with Crippen LogP contribution in [-0.2, 0) is 0 Å². The molecule has 3 aromatic rings. The Morgan fingerprint density at radius 1 is 1.21 bits per heavy atom. The number of hydrogen-bond acceptors (Lipinski definition) is 3. The smallest absolute Gasteiger partial charge is 0.331 e. The van der Waals surface area contributed by atoms with Crippen molar-refractivity contribution in [3.8, 4) is 11.4 Å². The van der Waals surface area contributed by atoms with Crippen LogP contribution in [0.1, 0.15) is 0 Å². The number of H-pyrrole nitrogens is 1. The van der Waals surface area contributed by atoms with E-state index in [2.05, 4.69) is 4.98 Å². The Morgan fingerprint density at radius 3 is 2.74 bits per heavy atom. The van der Waals surface area contributed by atoms with Crippen LogP contribution in [0, 0.1) is 0 Å². The summed E-state index contributed by atoms with van der Waals surface area (Å²) in [7, 11) is 1.56. The molecule has 5 heteroatoms. The van der Waals surface area contributed by atoms with Gasteiger partial charge in [-0.05, 0) is 30.3 Å². The van der Waals surface area contributed by atoms with Crippen molar-refractivity contribution in [2.24, 2.45) is 0 Å². The van der Waals surface area contributed by atoms with Crippen molar-refractivity contribution in [3.05, 3.63) is 52.9 Å². The zero-order valence-corrected chi connectivity index (χ0v) is 10.4. The van der Waals surface area contributed by atoms with E-state index >= 15 is 0 Å². The largest absolute Gasteiger partial charge is 0.495 e. The number of nitrogens with zero attached hydrogens (tertiary/aromatic N) is 1. The lowest BCUT2D eigenvalue weighted by Gasteiger charge is -2.08. The van der Waals surface area contributed by atoms with Crippen LogP contribution in [0.5, 0.6) is 5.75 Å². The molecule has 1 heterocycles. The Morgan fingerprint density at radius 2 is 2.00 bits per heavy atom. The lowest BCUT2D eigenvalue weighted by molar-refractivity contribution is 0.417. The van der Waals surface area contributed by atoms with Crippen LogP contribution in [0.3, 0.4) is 0 Å². The topological polar surface area (TPSA) is 73.0 Å². The zero-order chi connectivity index (χ0) is 13.4. The fraction of sp³-hybridized carbons (Fsp3) is 0.0714. The lowest BCUT2D eigenvalue weighted by Crippen LogP contribution is -2.14. The maximum Gasteiger partial charge on any atom is 0.331 e. The summed E-state index contributed by atoms with van der Waals surface area (Å²) in [6.07, 6.45) is 0. The number of anilines is 1. The quantitative estimate of drug-likeness (QED) is 0.687. The van der Waals surface area contributed by atoms with E-state index in [1.165, 1.54) is 0 Å². The number of ether oxygens (including phenoxy) is 1. The molecule has 0 spiro atoms. The third-order valence-electron chi connectivity index (χ3n) is 3.06. The van der Waals surface area contributed by atoms with Crippen LogP contribution >= 0.6 is 0 Å². The molecule has 2 aromatic carbocycles. The third-order valence-corrected chi connectivity index (χ3v) is 3.06. The SMILES string of the molecule is COc1ccc(-n2c(=O)[nH]c3ccccc32)cc1N. The molecule has 3 rings (SSSR count). The molecule has 0 aliphatic carbocycles. The molecule has 19 heavy (non-hydrogen) atoms. The highest BCUT2D eigenvalue weighted by atomic mass is 16.5. The first kappa shape index (κ1) is 11.4. The van der Waals surface area contributed by atoms with E-state index in [-0.39, 0.29) is 5.69 Å². The number of nitrogens with one attached hydrogen (secondary N) is 1. The standard InChI is InChI=1S/C14H13N3O2/c1-19-13-7-6-9(8-10(13)15)17-12-5-3-2-4-11(12)16-14(17)18/h2-8H,15H2,1H3,(H,16,18). The molecule has 0 saturated heterocycles. The van der Waals surface area contributed by atoms with Crippen molar-refractivity contribution < 1.29 is 4.74 Å². The fourth-order valence-electron chi connectivity index (χ4n) is 2.17. The second kappa shape index (κ2) is 4.20. The van der Waals surface area contributed by atoms with Crippen LogP contribution in [0.2, 0.25) is 0 Å². The minimum absolute atomic E-state index is 0.189. The number of aromatic amines is 1. The Labute approximate surface area is 109 Å². The van der Waals surface area contributed by atoms with E-state index < -0.39 is 0 Å². The van der Waals surface area contributed by atoms with Crippen LogP contribution in [0.25, 0.3) is 16.7 Å². The van der Waals surface area contributed by atoms with Gasteiger partial charge in [0, 0.05) is 0 Å². The fourth-order valence-corrected chi connectivity index (χ4v) is 2.17. The number of imidazole rings is 1. The monoisotopic (exact) mass is 255 g/mol. The number of hydrogen-bond donors (Lipinski definition) is 2. The normalized spacial score (nSPS) is 10.8. The molecule has 1 aromatic heterocycles. The molecule has 3 N–H and O–H groups in total. The van der Waals surface area contributed by atoms with E-state index in [0.717, 1.165) is 11.0 Å². The molecule has 0 atom stereocenters. The predicted molar refractivity (Wildman–Crippen MR) is 74.9 cm³/mol. The molecule has 0 bridgehead atoms. The van der Waals surface area contributed by atoms with Crippen LogP contribution in [0.4, 0.5) is 5.69 Å². The maximum atomic E-state index is 12.0. The minimum atomic E-state index is -0.189. The Balaban J connectivity index is 2.27. The van der Waals surface area contributed by atoms with E-state index in [1.807, 2.05) is 24.3 Å². The zero-order valence-electron chi connectivity index (χ0n) is 10.4. The van der Waals surface area contributed by atoms with Crippen LogP contribution in [0.15, 0.2) is 47.3 Å². The van der Waals surface area contributed by atoms with Crippen molar-refractivity contribution >= 4 is 16.7 Å². The summed E-state index contributed by atoms with van der Waals surface area (Å²) in [4.78, 5) is 14.8. The van der Waals surface area contributed by atoms with Gasteiger partial charge in [0.15, 0.2) is 0 Å². The van der Waals surface area contributed by atoms with Gasteiger partial charge in [0.05, 0.1) is 29.5 Å². The summed E-state index contributed by atoms with van der Waals surface area (Å²) in [6.45, 7) is 0. The summed E-state index contributed by atoms with van der Waals surface area (Å²) < 4.78 is 6.70. The third kappa shape index (κ3) is 1.76. The van der Waals surface area contributed by atoms with Crippen molar-refractivity contribution in [2.45, 2.75) is 0 Å². The molecule has 0 saturated carbocycles. The first-order chi connectivity index (χ1) is 9.20. The number of nitrogens with two attached hydrogens (primary N) is 1. The average molecular weight is 255 g/mol. The molecular weight excluding hydrogens is 242 g/mol. The first-order valence-corrected chi connectivity index (χ1v) is 5.84. The molecule has 96 valence electrons. The first-order valence-electron chi connectivity index (χ1n) is 5.84. The van der Waals surface area contributed by atoms with Crippen molar-refractivity contribution in [3.63, 3.8) is 0 Å². The van der Waals surface area contributed by atoms with Gasteiger partial charge >= 0.3 is 5.69 Å². The summed E-state index contributed by atoms with van der Waals surface area (Å²) in [5, 5.41) is 0.